The van der Waals surface area contributed by atoms with Crippen molar-refractivity contribution < 1.29 is 4.79 Å². The molecular formula is C14H18N2OS2. The highest BCUT2D eigenvalue weighted by atomic mass is 32.1. The molecule has 2 aromatic rings. The van der Waals surface area contributed by atoms with E-state index < -0.39 is 0 Å². The highest BCUT2D eigenvalue weighted by Crippen LogP contribution is 2.30. The van der Waals surface area contributed by atoms with E-state index in [1.807, 2.05) is 18.0 Å². The number of fused-ring (bicyclic) bond motifs is 1. The lowest BCUT2D eigenvalue weighted by Gasteiger charge is -2.28. The Balaban J connectivity index is 1.66. The predicted molar refractivity (Wildman–Crippen MR) is 82.3 cm³/mol. The first-order valence-electron chi connectivity index (χ1n) is 6.70. The zero-order valence-electron chi connectivity index (χ0n) is 11.0. The maximum atomic E-state index is 12.4. The van der Waals surface area contributed by atoms with Crippen molar-refractivity contribution in [2.75, 3.05) is 20.1 Å². The molecule has 1 N–H and O–H groups in total. The number of rotatable bonds is 3. The average molecular weight is 294 g/mol. The molecule has 1 unspecified atom stereocenters. The SMILES string of the molecule is CN(CC1CCCCN1)C(=O)c1cc2sccc2s1. The Kier molecular flexibility index (Phi) is 3.86. The van der Waals surface area contributed by atoms with Crippen molar-refractivity contribution in [1.82, 2.24) is 10.2 Å². The summed E-state index contributed by atoms with van der Waals surface area (Å²) in [6.45, 7) is 1.89. The van der Waals surface area contributed by atoms with Gasteiger partial charge in [-0.05, 0) is 36.9 Å². The third kappa shape index (κ3) is 2.83. The van der Waals surface area contributed by atoms with Crippen molar-refractivity contribution in [3.63, 3.8) is 0 Å². The summed E-state index contributed by atoms with van der Waals surface area (Å²) in [6, 6.07) is 4.57. The Labute approximate surface area is 121 Å². The zero-order chi connectivity index (χ0) is 13.2. The summed E-state index contributed by atoms with van der Waals surface area (Å²) in [5.41, 5.74) is 0. The molecule has 1 fully saturated rings. The number of piperidine rings is 1. The van der Waals surface area contributed by atoms with Crippen molar-refractivity contribution in [1.29, 1.82) is 0 Å². The molecular weight excluding hydrogens is 276 g/mol. The van der Waals surface area contributed by atoms with Crippen LogP contribution >= 0.6 is 22.7 Å². The fourth-order valence-electron chi connectivity index (χ4n) is 2.55. The van der Waals surface area contributed by atoms with E-state index in [9.17, 15) is 4.79 Å². The molecule has 3 nitrogen and oxygen atoms in total. The Morgan fingerprint density at radius 1 is 1.47 bits per heavy atom. The molecule has 1 aliphatic heterocycles. The van der Waals surface area contributed by atoms with E-state index in [4.69, 9.17) is 0 Å². The van der Waals surface area contributed by atoms with Gasteiger partial charge >= 0.3 is 0 Å². The zero-order valence-corrected chi connectivity index (χ0v) is 12.6. The van der Waals surface area contributed by atoms with Gasteiger partial charge in [-0.25, -0.2) is 0 Å². The van der Waals surface area contributed by atoms with Gasteiger partial charge in [0, 0.05) is 29.0 Å². The maximum absolute atomic E-state index is 12.4. The summed E-state index contributed by atoms with van der Waals surface area (Å²) >= 11 is 3.30. The topological polar surface area (TPSA) is 32.3 Å². The summed E-state index contributed by atoms with van der Waals surface area (Å²) in [5.74, 6) is 0.153. The van der Waals surface area contributed by atoms with Crippen molar-refractivity contribution in [3.05, 3.63) is 22.4 Å². The Hall–Kier alpha value is -0.910. The molecule has 3 rings (SSSR count). The van der Waals surface area contributed by atoms with Gasteiger partial charge in [0.15, 0.2) is 0 Å². The fraction of sp³-hybridized carbons (Fsp3) is 0.500. The van der Waals surface area contributed by atoms with Gasteiger partial charge in [-0.1, -0.05) is 6.42 Å². The summed E-state index contributed by atoms with van der Waals surface area (Å²) in [5, 5.41) is 5.56. The van der Waals surface area contributed by atoms with Crippen LogP contribution in [-0.2, 0) is 0 Å². The molecule has 2 aromatic heterocycles. The average Bonchev–Trinajstić information content (AvgIpc) is 2.99. The molecule has 1 saturated heterocycles. The number of hydrogen-bond donors (Lipinski definition) is 1. The van der Waals surface area contributed by atoms with E-state index in [0.717, 1.165) is 18.0 Å². The first-order valence-corrected chi connectivity index (χ1v) is 8.39. The highest BCUT2D eigenvalue weighted by Gasteiger charge is 2.20. The molecule has 1 amide bonds. The first kappa shape index (κ1) is 13.1. The number of carbonyl (C=O) groups excluding carboxylic acids is 1. The Morgan fingerprint density at radius 3 is 3.11 bits per heavy atom. The normalized spacial score (nSPS) is 19.7. The molecule has 5 heteroatoms. The number of hydrogen-bond acceptors (Lipinski definition) is 4. The van der Waals surface area contributed by atoms with Gasteiger partial charge in [-0.3, -0.25) is 4.79 Å². The highest BCUT2D eigenvalue weighted by molar-refractivity contribution is 7.27. The third-order valence-corrected chi connectivity index (χ3v) is 5.68. The van der Waals surface area contributed by atoms with Crippen LogP contribution in [0.2, 0.25) is 0 Å². The predicted octanol–water partition coefficient (Wildman–Crippen LogP) is 3.18. The number of nitrogens with one attached hydrogen (secondary N) is 1. The van der Waals surface area contributed by atoms with Crippen LogP contribution in [0.25, 0.3) is 9.40 Å². The molecule has 1 aliphatic rings. The largest absolute Gasteiger partial charge is 0.339 e. The van der Waals surface area contributed by atoms with Gasteiger partial charge in [-0.2, -0.15) is 0 Å². The van der Waals surface area contributed by atoms with E-state index in [0.29, 0.717) is 6.04 Å². The van der Waals surface area contributed by atoms with E-state index in [1.165, 1.54) is 28.7 Å². The van der Waals surface area contributed by atoms with Crippen molar-refractivity contribution in [3.8, 4) is 0 Å². The molecule has 102 valence electrons. The molecule has 3 heterocycles. The number of thiophene rings is 2. The van der Waals surface area contributed by atoms with E-state index >= 15 is 0 Å². The second kappa shape index (κ2) is 5.61. The molecule has 0 aliphatic carbocycles. The standard InChI is InChI=1S/C14H18N2OS2/c1-16(9-10-4-2-3-6-15-10)14(17)13-8-12-11(19-13)5-7-18-12/h5,7-8,10,15H,2-4,6,9H2,1H3. The summed E-state index contributed by atoms with van der Waals surface area (Å²) < 4.78 is 2.44. The number of amides is 1. The van der Waals surface area contributed by atoms with Gasteiger partial charge in [-0.15, -0.1) is 22.7 Å². The summed E-state index contributed by atoms with van der Waals surface area (Å²) in [4.78, 5) is 15.1. The van der Waals surface area contributed by atoms with Crippen LogP contribution in [0.1, 0.15) is 28.9 Å². The molecule has 0 spiro atoms. The van der Waals surface area contributed by atoms with Crippen molar-refractivity contribution >= 4 is 38.0 Å². The second-order valence-electron chi connectivity index (χ2n) is 5.09. The van der Waals surface area contributed by atoms with Gasteiger partial charge in [0.1, 0.15) is 0 Å². The number of nitrogens with zero attached hydrogens (tertiary/aromatic N) is 1. The molecule has 1 atom stereocenters. The molecule has 19 heavy (non-hydrogen) atoms. The lowest BCUT2D eigenvalue weighted by atomic mass is 10.0. The fourth-order valence-corrected chi connectivity index (χ4v) is 4.66. The van der Waals surface area contributed by atoms with Crippen LogP contribution in [0.15, 0.2) is 17.5 Å². The smallest absolute Gasteiger partial charge is 0.263 e. The maximum Gasteiger partial charge on any atom is 0.263 e. The van der Waals surface area contributed by atoms with Gasteiger partial charge < -0.3 is 10.2 Å². The van der Waals surface area contributed by atoms with E-state index in [1.54, 1.807) is 22.7 Å². The molecule has 0 radical (unpaired) electrons. The molecule has 0 bridgehead atoms. The lowest BCUT2D eigenvalue weighted by molar-refractivity contribution is 0.0780. The van der Waals surface area contributed by atoms with Crippen molar-refractivity contribution in [2.45, 2.75) is 25.3 Å². The minimum atomic E-state index is 0.153. The van der Waals surface area contributed by atoms with Gasteiger partial charge in [0.2, 0.25) is 0 Å². The lowest BCUT2D eigenvalue weighted by Crippen LogP contribution is -2.44. The number of likely N-dealkylation sites (N-methyl/N-ethyl adjacent to an activating group) is 1. The Bertz CT molecular complexity index is 540. The van der Waals surface area contributed by atoms with Crippen LogP contribution in [0.5, 0.6) is 0 Å². The third-order valence-electron chi connectivity index (χ3n) is 3.60. The first-order chi connectivity index (χ1) is 9.24. The minimum absolute atomic E-state index is 0.153. The summed E-state index contributed by atoms with van der Waals surface area (Å²) in [6.07, 6.45) is 3.71. The molecule has 0 saturated carbocycles. The van der Waals surface area contributed by atoms with E-state index in [2.05, 4.69) is 16.8 Å². The monoisotopic (exact) mass is 294 g/mol. The van der Waals surface area contributed by atoms with Gasteiger partial charge in [0.05, 0.1) is 4.88 Å². The number of carbonyl (C=O) groups is 1. The summed E-state index contributed by atoms with van der Waals surface area (Å²) in [7, 11) is 1.91. The van der Waals surface area contributed by atoms with Crippen LogP contribution in [0.3, 0.4) is 0 Å². The van der Waals surface area contributed by atoms with Crippen LogP contribution in [0, 0.1) is 0 Å². The van der Waals surface area contributed by atoms with Crippen molar-refractivity contribution in [2.24, 2.45) is 0 Å². The molecule has 0 aromatic carbocycles. The van der Waals surface area contributed by atoms with Crippen LogP contribution in [0.4, 0.5) is 0 Å². The minimum Gasteiger partial charge on any atom is -0.339 e. The van der Waals surface area contributed by atoms with Crippen LogP contribution < -0.4 is 5.32 Å². The second-order valence-corrected chi connectivity index (χ2v) is 7.12. The quantitative estimate of drug-likeness (QED) is 0.943. The Morgan fingerprint density at radius 2 is 2.37 bits per heavy atom. The van der Waals surface area contributed by atoms with Gasteiger partial charge in [0.25, 0.3) is 5.91 Å². The van der Waals surface area contributed by atoms with E-state index in [-0.39, 0.29) is 5.91 Å². The van der Waals surface area contributed by atoms with Crippen LogP contribution in [-0.4, -0.2) is 37.0 Å².